The number of fused-ring (bicyclic) bond motifs is 1. The van der Waals surface area contributed by atoms with Gasteiger partial charge in [0.15, 0.2) is 0 Å². The molecule has 3 rings (SSSR count). The fourth-order valence-corrected chi connectivity index (χ4v) is 3.11. The van der Waals surface area contributed by atoms with Crippen LogP contribution >= 0.6 is 0 Å². The zero-order chi connectivity index (χ0) is 15.0. The van der Waals surface area contributed by atoms with Crippen molar-refractivity contribution in [1.29, 1.82) is 0 Å². The summed E-state index contributed by atoms with van der Waals surface area (Å²) in [5.74, 6) is 0.0231. The van der Waals surface area contributed by atoms with Crippen LogP contribution in [0.2, 0.25) is 0 Å². The third kappa shape index (κ3) is 2.57. The van der Waals surface area contributed by atoms with Gasteiger partial charge in [0.2, 0.25) is 5.91 Å². The minimum atomic E-state index is -0.928. The van der Waals surface area contributed by atoms with E-state index in [1.165, 1.54) is 0 Å². The molecule has 2 fully saturated rings. The Morgan fingerprint density at radius 1 is 1.43 bits per heavy atom. The molecule has 6 nitrogen and oxygen atoms in total. The molecule has 1 N–H and O–H groups in total. The number of carboxylic acids is 1. The lowest BCUT2D eigenvalue weighted by atomic mass is 10.1. The Bertz CT molecular complexity index is 588. The maximum Gasteiger partial charge on any atom is 0.335 e. The first-order chi connectivity index (χ1) is 10.1. The zero-order valence-electron chi connectivity index (χ0n) is 12.1. The second-order valence-electron chi connectivity index (χ2n) is 5.59. The van der Waals surface area contributed by atoms with Crippen molar-refractivity contribution in [3.63, 3.8) is 0 Å². The number of piperazine rings is 1. The number of nitrogens with zero attached hydrogens (tertiary/aromatic N) is 3. The lowest BCUT2D eigenvalue weighted by Gasteiger charge is -2.38. The Morgan fingerprint density at radius 2 is 2.24 bits per heavy atom. The topological polar surface area (TPSA) is 73.7 Å². The highest BCUT2D eigenvalue weighted by molar-refractivity contribution is 5.88. The first-order valence-electron chi connectivity index (χ1n) is 7.37. The summed E-state index contributed by atoms with van der Waals surface area (Å²) in [5.41, 5.74) is 1.07. The van der Waals surface area contributed by atoms with E-state index in [1.807, 2.05) is 11.8 Å². The Morgan fingerprint density at radius 3 is 2.95 bits per heavy atom. The van der Waals surface area contributed by atoms with E-state index in [0.29, 0.717) is 31.7 Å². The number of carbonyl (C=O) groups is 2. The fourth-order valence-electron chi connectivity index (χ4n) is 3.11. The molecule has 1 atom stereocenters. The molecule has 0 bridgehead atoms. The van der Waals surface area contributed by atoms with Gasteiger partial charge in [-0.1, -0.05) is 6.92 Å². The average molecular weight is 289 g/mol. The van der Waals surface area contributed by atoms with Crippen molar-refractivity contribution >= 4 is 17.7 Å². The van der Waals surface area contributed by atoms with Crippen molar-refractivity contribution in [2.24, 2.45) is 0 Å². The summed E-state index contributed by atoms with van der Waals surface area (Å²) in [5, 5.41) is 9.21. The third-order valence-corrected chi connectivity index (χ3v) is 4.29. The lowest BCUT2D eigenvalue weighted by molar-refractivity contribution is -0.129. The van der Waals surface area contributed by atoms with Crippen LogP contribution in [0.15, 0.2) is 12.1 Å². The predicted molar refractivity (Wildman–Crippen MR) is 77.5 cm³/mol. The first-order valence-corrected chi connectivity index (χ1v) is 7.37. The largest absolute Gasteiger partial charge is 0.478 e. The average Bonchev–Trinajstić information content (AvgIpc) is 2.87. The molecule has 21 heavy (non-hydrogen) atoms. The van der Waals surface area contributed by atoms with Crippen molar-refractivity contribution in [1.82, 2.24) is 9.88 Å². The Kier molecular flexibility index (Phi) is 3.53. The molecule has 0 saturated carbocycles. The van der Waals surface area contributed by atoms with Gasteiger partial charge in [0.1, 0.15) is 5.82 Å². The zero-order valence-corrected chi connectivity index (χ0v) is 12.1. The monoisotopic (exact) mass is 289 g/mol. The molecule has 1 aromatic heterocycles. The van der Waals surface area contributed by atoms with E-state index < -0.39 is 5.97 Å². The molecule has 1 amide bonds. The summed E-state index contributed by atoms with van der Waals surface area (Å²) >= 11 is 0. The minimum absolute atomic E-state index is 0.237. The standard InChI is InChI=1S/C15H19N3O3/c1-2-11-7-10(15(20)21)8-13(16-11)17-5-6-18-12(9-17)3-4-14(18)19/h7-8,12H,2-6,9H2,1H3,(H,20,21). The molecule has 6 heteroatoms. The van der Waals surface area contributed by atoms with Crippen LogP contribution in [0.4, 0.5) is 5.82 Å². The second-order valence-corrected chi connectivity index (χ2v) is 5.59. The number of rotatable bonds is 3. The molecule has 0 aliphatic carbocycles. The maximum atomic E-state index is 11.7. The number of hydrogen-bond acceptors (Lipinski definition) is 4. The number of aromatic nitrogens is 1. The lowest BCUT2D eigenvalue weighted by Crippen LogP contribution is -2.51. The normalized spacial score (nSPS) is 21.6. The third-order valence-electron chi connectivity index (χ3n) is 4.29. The van der Waals surface area contributed by atoms with Gasteiger partial charge in [-0.2, -0.15) is 0 Å². The van der Waals surface area contributed by atoms with E-state index in [4.69, 9.17) is 0 Å². The molecule has 0 aromatic carbocycles. The molecule has 3 heterocycles. The van der Waals surface area contributed by atoms with Crippen LogP contribution in [0, 0.1) is 0 Å². The van der Waals surface area contributed by atoms with E-state index >= 15 is 0 Å². The number of amides is 1. The van der Waals surface area contributed by atoms with Crippen LogP contribution in [0.3, 0.4) is 0 Å². The molecule has 2 aliphatic heterocycles. The fraction of sp³-hybridized carbons (Fsp3) is 0.533. The van der Waals surface area contributed by atoms with Crippen LogP contribution in [-0.4, -0.2) is 52.5 Å². The number of hydrogen-bond donors (Lipinski definition) is 1. The van der Waals surface area contributed by atoms with Gasteiger partial charge in [-0.15, -0.1) is 0 Å². The summed E-state index contributed by atoms with van der Waals surface area (Å²) in [4.78, 5) is 31.5. The quantitative estimate of drug-likeness (QED) is 0.903. The highest BCUT2D eigenvalue weighted by Gasteiger charge is 2.35. The number of anilines is 1. The predicted octanol–water partition coefficient (Wildman–Crippen LogP) is 1.15. The van der Waals surface area contributed by atoms with E-state index in [1.54, 1.807) is 12.1 Å². The summed E-state index contributed by atoms with van der Waals surface area (Å²) in [7, 11) is 0. The highest BCUT2D eigenvalue weighted by atomic mass is 16.4. The van der Waals surface area contributed by atoms with E-state index in [9.17, 15) is 14.7 Å². The first kappa shape index (κ1) is 13.9. The Labute approximate surface area is 123 Å². The number of carboxylic acid groups (broad SMARTS) is 1. The summed E-state index contributed by atoms with van der Waals surface area (Å²) < 4.78 is 0. The molecule has 112 valence electrons. The molecule has 2 aliphatic rings. The van der Waals surface area contributed by atoms with Crippen LogP contribution in [0.1, 0.15) is 35.8 Å². The van der Waals surface area contributed by atoms with Crippen LogP contribution in [0.5, 0.6) is 0 Å². The van der Waals surface area contributed by atoms with Crippen molar-refractivity contribution in [2.75, 3.05) is 24.5 Å². The van der Waals surface area contributed by atoms with Crippen LogP contribution in [0.25, 0.3) is 0 Å². The van der Waals surface area contributed by atoms with Gasteiger partial charge in [-0.05, 0) is 25.0 Å². The SMILES string of the molecule is CCc1cc(C(=O)O)cc(N2CCN3C(=O)CCC3C2)n1. The Hall–Kier alpha value is -2.11. The van der Waals surface area contributed by atoms with Gasteiger partial charge in [-0.25, -0.2) is 9.78 Å². The summed E-state index contributed by atoms with van der Waals surface area (Å²) in [6, 6.07) is 3.50. The second kappa shape index (κ2) is 5.35. The van der Waals surface area contributed by atoms with Gasteiger partial charge >= 0.3 is 5.97 Å². The van der Waals surface area contributed by atoms with Crippen molar-refractivity contribution in [3.05, 3.63) is 23.4 Å². The van der Waals surface area contributed by atoms with E-state index in [2.05, 4.69) is 9.88 Å². The van der Waals surface area contributed by atoms with Crippen LogP contribution < -0.4 is 4.90 Å². The van der Waals surface area contributed by atoms with Gasteiger partial charge in [0, 0.05) is 37.8 Å². The number of aromatic carboxylic acids is 1. The molecule has 1 aromatic rings. The van der Waals surface area contributed by atoms with Gasteiger partial charge in [-0.3, -0.25) is 4.79 Å². The van der Waals surface area contributed by atoms with Crippen LogP contribution in [-0.2, 0) is 11.2 Å². The molecule has 0 spiro atoms. The smallest absolute Gasteiger partial charge is 0.335 e. The summed E-state index contributed by atoms with van der Waals surface area (Å²) in [6.45, 7) is 4.11. The maximum absolute atomic E-state index is 11.7. The van der Waals surface area contributed by atoms with Gasteiger partial charge in [0.05, 0.1) is 5.56 Å². The van der Waals surface area contributed by atoms with E-state index in [-0.39, 0.29) is 17.5 Å². The Balaban J connectivity index is 1.85. The molecular weight excluding hydrogens is 270 g/mol. The highest BCUT2D eigenvalue weighted by Crippen LogP contribution is 2.26. The van der Waals surface area contributed by atoms with E-state index in [0.717, 1.165) is 18.7 Å². The molecule has 1 unspecified atom stereocenters. The van der Waals surface area contributed by atoms with Gasteiger partial charge in [0.25, 0.3) is 0 Å². The molecular formula is C15H19N3O3. The summed E-state index contributed by atoms with van der Waals surface area (Å²) in [6.07, 6.45) is 2.21. The van der Waals surface area contributed by atoms with Gasteiger partial charge < -0.3 is 14.9 Å². The number of aryl methyl sites for hydroxylation is 1. The van der Waals surface area contributed by atoms with Crippen molar-refractivity contribution in [3.8, 4) is 0 Å². The van der Waals surface area contributed by atoms with Crippen molar-refractivity contribution in [2.45, 2.75) is 32.2 Å². The molecule has 0 radical (unpaired) electrons. The number of pyridine rings is 1. The minimum Gasteiger partial charge on any atom is -0.478 e. The molecule has 2 saturated heterocycles. The van der Waals surface area contributed by atoms with Crippen molar-refractivity contribution < 1.29 is 14.7 Å². The number of carbonyl (C=O) groups excluding carboxylic acids is 1.